The van der Waals surface area contributed by atoms with Gasteiger partial charge in [0.05, 0.1) is 10.1 Å². The Bertz CT molecular complexity index is 1510. The predicted molar refractivity (Wildman–Crippen MR) is 135 cm³/mol. The fourth-order valence-electron chi connectivity index (χ4n) is 4.88. The first-order valence-electron chi connectivity index (χ1n) is 10.0. The maximum absolute atomic E-state index is 2.37. The van der Waals surface area contributed by atoms with Crippen molar-refractivity contribution in [1.82, 2.24) is 9.13 Å². The maximum Gasteiger partial charge on any atom is 0.0753 e. The highest BCUT2D eigenvalue weighted by molar-refractivity contribution is 7.98. The van der Waals surface area contributed by atoms with Crippen LogP contribution in [0.5, 0.6) is 0 Å². The van der Waals surface area contributed by atoms with E-state index in [1.54, 1.807) is 23.5 Å². The molecule has 2 nitrogen and oxygen atoms in total. The molecule has 0 radical (unpaired) electrons. The predicted octanol–water partition coefficient (Wildman–Crippen LogP) is 7.57. The smallest absolute Gasteiger partial charge is 0.0753 e. The van der Waals surface area contributed by atoms with Crippen LogP contribution in [0.1, 0.15) is 0 Å². The van der Waals surface area contributed by atoms with Gasteiger partial charge in [0.25, 0.3) is 0 Å². The number of aromatic nitrogens is 2. The second-order valence-corrected chi connectivity index (χ2v) is 9.64. The molecule has 0 aliphatic heterocycles. The van der Waals surface area contributed by atoms with Gasteiger partial charge in [0.1, 0.15) is 0 Å². The van der Waals surface area contributed by atoms with E-state index >= 15 is 0 Å². The van der Waals surface area contributed by atoms with Crippen LogP contribution in [0.2, 0.25) is 0 Å². The van der Waals surface area contributed by atoms with Crippen molar-refractivity contribution >= 4 is 77.6 Å². The number of aryl methyl sites for hydroxylation is 2. The molecule has 4 aromatic carbocycles. The first-order valence-corrected chi connectivity index (χ1v) is 12.5. The average molecular weight is 427 g/mol. The van der Waals surface area contributed by atoms with E-state index in [0.29, 0.717) is 0 Å². The highest BCUT2D eigenvalue weighted by atomic mass is 32.2. The lowest BCUT2D eigenvalue weighted by atomic mass is 9.95. The van der Waals surface area contributed by atoms with Crippen molar-refractivity contribution in [3.8, 4) is 0 Å². The van der Waals surface area contributed by atoms with Crippen molar-refractivity contribution in [1.29, 1.82) is 0 Å². The Balaban J connectivity index is 1.71. The van der Waals surface area contributed by atoms with Crippen LogP contribution in [0.4, 0.5) is 0 Å². The lowest BCUT2D eigenvalue weighted by Crippen LogP contribution is -1.89. The summed E-state index contributed by atoms with van der Waals surface area (Å²) in [5, 5.41) is 13.1. The minimum atomic E-state index is 1.29. The Kier molecular flexibility index (Phi) is 3.93. The summed E-state index contributed by atoms with van der Waals surface area (Å²) in [4.78, 5) is 0. The largest absolute Gasteiger partial charge is 0.339 e. The molecule has 4 heteroatoms. The van der Waals surface area contributed by atoms with Gasteiger partial charge >= 0.3 is 0 Å². The standard InChI is InChI=1S/C26H22N2S2/c1-27-23-11-15-5-7-20-19(21(15)9-17(23)13-25(27)29-3)8-6-16-12-24-18(10-22(16)20)14-26(30-4)28(24)2/h5-14H,1-4H3. The molecule has 2 heterocycles. The van der Waals surface area contributed by atoms with E-state index in [2.05, 4.69) is 96.4 Å². The zero-order chi connectivity index (χ0) is 20.6. The Morgan fingerprint density at radius 2 is 0.933 bits per heavy atom. The van der Waals surface area contributed by atoms with Gasteiger partial charge < -0.3 is 9.13 Å². The lowest BCUT2D eigenvalue weighted by Gasteiger charge is -2.10. The molecule has 0 N–H and O–H groups in total. The van der Waals surface area contributed by atoms with Gasteiger partial charge in [-0.15, -0.1) is 23.5 Å². The van der Waals surface area contributed by atoms with Crippen LogP contribution in [-0.4, -0.2) is 21.6 Å². The molecule has 2 aromatic heterocycles. The van der Waals surface area contributed by atoms with E-state index in [1.807, 2.05) is 0 Å². The fraction of sp³-hybridized carbons (Fsp3) is 0.154. The molecular weight excluding hydrogens is 404 g/mol. The average Bonchev–Trinajstić information content (AvgIpc) is 3.26. The number of hydrogen-bond donors (Lipinski definition) is 0. The van der Waals surface area contributed by atoms with Crippen molar-refractivity contribution in [3.63, 3.8) is 0 Å². The molecule has 0 bridgehead atoms. The van der Waals surface area contributed by atoms with Gasteiger partial charge in [-0.25, -0.2) is 0 Å². The van der Waals surface area contributed by atoms with Crippen molar-refractivity contribution in [2.45, 2.75) is 10.1 Å². The normalized spacial score (nSPS) is 12.3. The summed E-state index contributed by atoms with van der Waals surface area (Å²) in [7, 11) is 4.31. The van der Waals surface area contributed by atoms with Gasteiger partial charge in [0, 0.05) is 35.9 Å². The number of benzene rings is 4. The summed E-state index contributed by atoms with van der Waals surface area (Å²) in [6.07, 6.45) is 4.28. The van der Waals surface area contributed by atoms with Gasteiger partial charge in [-0.3, -0.25) is 0 Å². The molecule has 0 amide bonds. The molecule has 6 rings (SSSR count). The highest BCUT2D eigenvalue weighted by Crippen LogP contribution is 2.37. The molecule has 0 aliphatic rings. The first-order chi connectivity index (χ1) is 14.6. The third-order valence-corrected chi connectivity index (χ3v) is 8.11. The molecule has 0 fully saturated rings. The molecule has 0 saturated heterocycles. The zero-order valence-corrected chi connectivity index (χ0v) is 19.1. The van der Waals surface area contributed by atoms with E-state index < -0.39 is 0 Å². The van der Waals surface area contributed by atoms with Crippen LogP contribution in [-0.2, 0) is 14.1 Å². The summed E-state index contributed by atoms with van der Waals surface area (Å²) in [5.41, 5.74) is 2.59. The van der Waals surface area contributed by atoms with E-state index in [-0.39, 0.29) is 0 Å². The third kappa shape index (κ3) is 2.41. The molecule has 148 valence electrons. The fourth-order valence-corrected chi connectivity index (χ4v) is 6.12. The quantitative estimate of drug-likeness (QED) is 0.209. The summed E-state index contributed by atoms with van der Waals surface area (Å²) in [5.74, 6) is 0. The van der Waals surface area contributed by atoms with Gasteiger partial charge in [-0.1, -0.05) is 24.3 Å². The van der Waals surface area contributed by atoms with Gasteiger partial charge in [-0.05, 0) is 81.2 Å². The molecule has 0 unspecified atom stereocenters. The Morgan fingerprint density at radius 1 is 0.500 bits per heavy atom. The van der Waals surface area contributed by atoms with Crippen molar-refractivity contribution in [3.05, 3.63) is 60.7 Å². The first kappa shape index (κ1) is 18.2. The van der Waals surface area contributed by atoms with Crippen LogP contribution in [0.3, 0.4) is 0 Å². The maximum atomic E-state index is 2.37. The van der Waals surface area contributed by atoms with E-state index in [0.717, 1.165) is 0 Å². The topological polar surface area (TPSA) is 9.86 Å². The van der Waals surface area contributed by atoms with Crippen molar-refractivity contribution in [2.75, 3.05) is 12.5 Å². The Labute approximate surface area is 183 Å². The molecular formula is C26H22N2S2. The number of hydrogen-bond acceptors (Lipinski definition) is 2. The minimum absolute atomic E-state index is 1.29. The van der Waals surface area contributed by atoms with E-state index in [1.165, 1.54) is 64.2 Å². The number of nitrogens with zero attached hydrogens (tertiary/aromatic N) is 2. The van der Waals surface area contributed by atoms with Gasteiger partial charge in [0.15, 0.2) is 0 Å². The molecule has 0 saturated carbocycles. The summed E-state index contributed by atoms with van der Waals surface area (Å²) in [6.45, 7) is 0. The third-order valence-electron chi connectivity index (χ3n) is 6.49. The van der Waals surface area contributed by atoms with Crippen LogP contribution in [0.25, 0.3) is 54.1 Å². The summed E-state index contributed by atoms with van der Waals surface area (Å²) in [6, 6.07) is 23.2. The highest BCUT2D eigenvalue weighted by Gasteiger charge is 2.12. The Hall–Kier alpha value is -2.56. The van der Waals surface area contributed by atoms with Crippen molar-refractivity contribution in [2.24, 2.45) is 14.1 Å². The van der Waals surface area contributed by atoms with Gasteiger partial charge in [-0.2, -0.15) is 0 Å². The summed E-state index contributed by atoms with van der Waals surface area (Å²) < 4.78 is 4.58. The van der Waals surface area contributed by atoms with Crippen LogP contribution in [0, 0.1) is 0 Å². The second kappa shape index (κ2) is 6.47. The van der Waals surface area contributed by atoms with Crippen LogP contribution < -0.4 is 0 Å². The molecule has 30 heavy (non-hydrogen) atoms. The van der Waals surface area contributed by atoms with E-state index in [9.17, 15) is 0 Å². The SMILES string of the molecule is CSc1cc2cc3c(ccc4c5cc6cc(SC)n(C)c6cc5ccc34)cc2n1C. The van der Waals surface area contributed by atoms with E-state index in [4.69, 9.17) is 0 Å². The number of thioether (sulfide) groups is 2. The molecule has 0 atom stereocenters. The van der Waals surface area contributed by atoms with Crippen LogP contribution in [0.15, 0.2) is 70.7 Å². The lowest BCUT2D eigenvalue weighted by molar-refractivity contribution is 0.864. The number of fused-ring (bicyclic) bond motifs is 7. The molecule has 0 aliphatic carbocycles. The van der Waals surface area contributed by atoms with Crippen molar-refractivity contribution < 1.29 is 0 Å². The monoisotopic (exact) mass is 426 g/mol. The summed E-state index contributed by atoms with van der Waals surface area (Å²) >= 11 is 3.60. The van der Waals surface area contributed by atoms with Crippen LogP contribution >= 0.6 is 23.5 Å². The molecule has 0 spiro atoms. The Morgan fingerprint density at radius 3 is 1.33 bits per heavy atom. The van der Waals surface area contributed by atoms with Gasteiger partial charge in [0.2, 0.25) is 0 Å². The molecule has 6 aromatic rings. The number of rotatable bonds is 2. The minimum Gasteiger partial charge on any atom is -0.339 e. The zero-order valence-electron chi connectivity index (χ0n) is 17.5. The second-order valence-electron chi connectivity index (χ2n) is 7.98.